The molecule has 0 amide bonds. The molecule has 0 spiro atoms. The minimum atomic E-state index is 0.749. The lowest BCUT2D eigenvalue weighted by molar-refractivity contribution is 0.724. The Labute approximate surface area is 123 Å². The molecule has 20 heavy (non-hydrogen) atoms. The Morgan fingerprint density at radius 3 is 3.05 bits per heavy atom. The molecule has 3 rings (SSSR count). The average Bonchev–Trinajstić information content (AvgIpc) is 2.77. The first-order valence-electron chi connectivity index (χ1n) is 6.89. The molecule has 0 saturated carbocycles. The van der Waals surface area contributed by atoms with Crippen LogP contribution in [0.25, 0.3) is 11.4 Å². The monoisotopic (exact) mass is 291 g/mol. The zero-order chi connectivity index (χ0) is 13.9. The van der Waals surface area contributed by atoms with Crippen LogP contribution in [0.2, 0.25) is 5.02 Å². The van der Waals surface area contributed by atoms with E-state index in [-0.39, 0.29) is 0 Å². The highest BCUT2D eigenvalue weighted by Crippen LogP contribution is 2.26. The summed E-state index contributed by atoms with van der Waals surface area (Å²) in [5.74, 6) is 1.54. The molecule has 1 aliphatic rings. The Hall–Kier alpha value is -1.59. The van der Waals surface area contributed by atoms with Crippen LogP contribution in [0.15, 0.2) is 18.2 Å². The first-order valence-corrected chi connectivity index (χ1v) is 7.27. The van der Waals surface area contributed by atoms with Crippen LogP contribution in [-0.4, -0.2) is 41.4 Å². The fourth-order valence-electron chi connectivity index (χ4n) is 2.42. The molecule has 6 heteroatoms. The minimum absolute atomic E-state index is 0.749. The largest absolute Gasteiger partial charge is 0.338 e. The van der Waals surface area contributed by atoms with Crippen LogP contribution in [0.5, 0.6) is 0 Å². The lowest BCUT2D eigenvalue weighted by Crippen LogP contribution is -2.28. The highest BCUT2D eigenvalue weighted by atomic mass is 35.5. The van der Waals surface area contributed by atoms with Gasteiger partial charge in [0.05, 0.1) is 0 Å². The summed E-state index contributed by atoms with van der Waals surface area (Å²) in [5.41, 5.74) is 2.03. The van der Waals surface area contributed by atoms with Crippen LogP contribution >= 0.6 is 11.6 Å². The molecule has 1 fully saturated rings. The zero-order valence-electron chi connectivity index (χ0n) is 11.5. The van der Waals surface area contributed by atoms with Crippen LogP contribution < -0.4 is 10.2 Å². The van der Waals surface area contributed by atoms with Crippen LogP contribution in [0, 0.1) is 6.92 Å². The second kappa shape index (κ2) is 5.81. The van der Waals surface area contributed by atoms with Crippen molar-refractivity contribution in [1.82, 2.24) is 20.5 Å². The summed E-state index contributed by atoms with van der Waals surface area (Å²) in [4.78, 5) is 6.83. The molecule has 0 aliphatic carbocycles. The minimum Gasteiger partial charge on any atom is -0.338 e. The van der Waals surface area contributed by atoms with Gasteiger partial charge in [0, 0.05) is 30.2 Å². The predicted molar refractivity (Wildman–Crippen MR) is 81.3 cm³/mol. The fourth-order valence-corrected chi connectivity index (χ4v) is 2.60. The highest BCUT2D eigenvalue weighted by molar-refractivity contribution is 6.31. The number of benzene rings is 1. The Morgan fingerprint density at radius 2 is 2.15 bits per heavy atom. The molecule has 0 unspecified atom stereocenters. The van der Waals surface area contributed by atoms with Gasteiger partial charge in [0.15, 0.2) is 5.82 Å². The molecule has 0 bridgehead atoms. The molecule has 1 aromatic heterocycles. The first-order chi connectivity index (χ1) is 9.75. The molecule has 2 heterocycles. The summed E-state index contributed by atoms with van der Waals surface area (Å²) in [7, 11) is 0. The number of nitrogens with one attached hydrogen (secondary N) is 2. The third kappa shape index (κ3) is 2.64. The number of H-pyrrole nitrogens is 1. The van der Waals surface area contributed by atoms with Crippen molar-refractivity contribution in [1.29, 1.82) is 0 Å². The van der Waals surface area contributed by atoms with Gasteiger partial charge in [-0.1, -0.05) is 23.7 Å². The standard InChI is InChI=1S/C14H18ClN5/c1-10-11(4-2-5-12(10)15)13-17-14(19-18-13)20-8-3-6-16-7-9-20/h2,4-5,16H,3,6-9H2,1H3,(H,17,18,19). The van der Waals surface area contributed by atoms with Gasteiger partial charge in [0.1, 0.15) is 0 Å². The molecule has 1 saturated heterocycles. The molecular formula is C14H18ClN5. The number of hydrogen-bond donors (Lipinski definition) is 2. The van der Waals surface area contributed by atoms with Crippen LogP contribution in [-0.2, 0) is 0 Å². The molecule has 0 radical (unpaired) electrons. The lowest BCUT2D eigenvalue weighted by Gasteiger charge is -2.16. The summed E-state index contributed by atoms with van der Waals surface area (Å²) >= 11 is 6.16. The number of hydrogen-bond acceptors (Lipinski definition) is 4. The molecule has 2 N–H and O–H groups in total. The summed E-state index contributed by atoms with van der Waals surface area (Å²) in [6.07, 6.45) is 1.11. The zero-order valence-corrected chi connectivity index (χ0v) is 12.2. The maximum Gasteiger partial charge on any atom is 0.245 e. The van der Waals surface area contributed by atoms with E-state index < -0.39 is 0 Å². The van der Waals surface area contributed by atoms with Gasteiger partial charge in [-0.2, -0.15) is 4.98 Å². The molecule has 5 nitrogen and oxygen atoms in total. The maximum absolute atomic E-state index is 6.16. The van der Waals surface area contributed by atoms with Gasteiger partial charge in [-0.05, 0) is 31.5 Å². The van der Waals surface area contributed by atoms with Gasteiger partial charge >= 0.3 is 0 Å². The SMILES string of the molecule is Cc1c(Cl)cccc1-c1nc(N2CCCNCC2)n[nH]1. The Balaban J connectivity index is 1.87. The van der Waals surface area contributed by atoms with Crippen molar-refractivity contribution in [3.8, 4) is 11.4 Å². The van der Waals surface area contributed by atoms with Gasteiger partial charge in [-0.3, -0.25) is 5.10 Å². The molecular weight excluding hydrogens is 274 g/mol. The smallest absolute Gasteiger partial charge is 0.245 e. The second-order valence-electron chi connectivity index (χ2n) is 4.99. The van der Waals surface area contributed by atoms with Crippen molar-refractivity contribution in [3.05, 3.63) is 28.8 Å². The van der Waals surface area contributed by atoms with Gasteiger partial charge in [0.2, 0.25) is 5.95 Å². The van der Waals surface area contributed by atoms with E-state index in [1.807, 2.05) is 25.1 Å². The fraction of sp³-hybridized carbons (Fsp3) is 0.429. The van der Waals surface area contributed by atoms with Crippen molar-refractivity contribution in [2.24, 2.45) is 0 Å². The van der Waals surface area contributed by atoms with Crippen molar-refractivity contribution in [3.63, 3.8) is 0 Å². The van der Waals surface area contributed by atoms with Crippen molar-refractivity contribution >= 4 is 17.5 Å². The van der Waals surface area contributed by atoms with E-state index in [9.17, 15) is 0 Å². The third-order valence-corrected chi connectivity index (χ3v) is 4.03. The summed E-state index contributed by atoms with van der Waals surface area (Å²) in [5, 5.41) is 11.5. The molecule has 2 aromatic rings. The predicted octanol–water partition coefficient (Wildman–Crippen LogP) is 2.23. The number of rotatable bonds is 2. The highest BCUT2D eigenvalue weighted by Gasteiger charge is 2.16. The van der Waals surface area contributed by atoms with E-state index >= 15 is 0 Å². The summed E-state index contributed by atoms with van der Waals surface area (Å²) in [6, 6.07) is 5.83. The Kier molecular flexibility index (Phi) is 3.89. The van der Waals surface area contributed by atoms with E-state index in [2.05, 4.69) is 25.4 Å². The lowest BCUT2D eigenvalue weighted by atomic mass is 10.1. The van der Waals surface area contributed by atoms with Crippen LogP contribution in [0.3, 0.4) is 0 Å². The van der Waals surface area contributed by atoms with E-state index in [0.717, 1.165) is 60.5 Å². The summed E-state index contributed by atoms with van der Waals surface area (Å²) < 4.78 is 0. The average molecular weight is 292 g/mol. The number of halogens is 1. The van der Waals surface area contributed by atoms with Gasteiger partial charge in [-0.25, -0.2) is 0 Å². The topological polar surface area (TPSA) is 56.8 Å². The first kappa shape index (κ1) is 13.4. The second-order valence-corrected chi connectivity index (χ2v) is 5.39. The normalized spacial score (nSPS) is 16.2. The van der Waals surface area contributed by atoms with Crippen molar-refractivity contribution < 1.29 is 0 Å². The Bertz CT molecular complexity index is 587. The van der Waals surface area contributed by atoms with Crippen molar-refractivity contribution in [2.75, 3.05) is 31.1 Å². The number of aromatic amines is 1. The Morgan fingerprint density at radius 1 is 1.25 bits per heavy atom. The van der Waals surface area contributed by atoms with Crippen LogP contribution in [0.4, 0.5) is 5.95 Å². The summed E-state index contributed by atoms with van der Waals surface area (Å²) in [6.45, 7) is 5.95. The van der Waals surface area contributed by atoms with Crippen molar-refractivity contribution in [2.45, 2.75) is 13.3 Å². The number of anilines is 1. The van der Waals surface area contributed by atoms with Gasteiger partial charge < -0.3 is 10.2 Å². The van der Waals surface area contributed by atoms with E-state index in [1.54, 1.807) is 0 Å². The van der Waals surface area contributed by atoms with E-state index in [1.165, 1.54) is 0 Å². The molecule has 0 atom stereocenters. The van der Waals surface area contributed by atoms with Gasteiger partial charge in [-0.15, -0.1) is 5.10 Å². The molecule has 1 aliphatic heterocycles. The number of nitrogens with zero attached hydrogens (tertiary/aromatic N) is 3. The van der Waals surface area contributed by atoms with Gasteiger partial charge in [0.25, 0.3) is 0 Å². The van der Waals surface area contributed by atoms with Crippen LogP contribution in [0.1, 0.15) is 12.0 Å². The third-order valence-electron chi connectivity index (χ3n) is 3.62. The van der Waals surface area contributed by atoms with E-state index in [4.69, 9.17) is 11.6 Å². The molecule has 106 valence electrons. The number of aromatic nitrogens is 3. The van der Waals surface area contributed by atoms with E-state index in [0.29, 0.717) is 0 Å². The quantitative estimate of drug-likeness (QED) is 0.891. The molecule has 1 aromatic carbocycles. The maximum atomic E-state index is 6.16.